The van der Waals surface area contributed by atoms with Crippen molar-refractivity contribution in [3.05, 3.63) is 46.5 Å². The van der Waals surface area contributed by atoms with Gasteiger partial charge in [-0.05, 0) is 82.4 Å². The van der Waals surface area contributed by atoms with E-state index >= 15 is 0 Å². The van der Waals surface area contributed by atoms with Crippen LogP contribution in [0.5, 0.6) is 5.75 Å². The molecular formula is C50H73ClN4O11S2. The molecular weight excluding hydrogens is 932 g/mol. The van der Waals surface area contributed by atoms with Gasteiger partial charge in [0.1, 0.15) is 40.7 Å². The van der Waals surface area contributed by atoms with Crippen LogP contribution in [-0.2, 0) is 44.5 Å². The zero-order valence-corrected chi connectivity index (χ0v) is 43.4. The van der Waals surface area contributed by atoms with E-state index in [4.69, 9.17) is 35.3 Å². The van der Waals surface area contributed by atoms with E-state index in [0.29, 0.717) is 30.0 Å². The molecule has 18 heteroatoms. The third-order valence-electron chi connectivity index (χ3n) is 14.8. The number of rotatable bonds is 14. The first-order valence-electron chi connectivity index (χ1n) is 24.2. The summed E-state index contributed by atoms with van der Waals surface area (Å²) in [5.74, 6) is 1.39. The Bertz CT molecular complexity index is 2040. The number of ether oxygens (including phenoxy) is 5. The van der Waals surface area contributed by atoms with Gasteiger partial charge >= 0.3 is 12.1 Å². The predicted molar refractivity (Wildman–Crippen MR) is 266 cm³/mol. The summed E-state index contributed by atoms with van der Waals surface area (Å²) in [6.07, 6.45) is 12.3. The molecule has 1 aromatic carbocycles. The number of fused-ring (bicyclic) bond motifs is 8. The van der Waals surface area contributed by atoms with Crippen molar-refractivity contribution >= 4 is 68.7 Å². The maximum atomic E-state index is 14.3. The maximum absolute atomic E-state index is 14.3. The SMILES string of the molecule is COc1cc2cc(c1Cl)N(C)C(=O)C[C@H](OC(=O)[C@H](C)N(C)C(=O)CCSSCCCC(=O)NC1CCC3CCCC(CC3)C1)[C@]1(C)O[C@H]1[C@H](C)[C@@H]1C[C@@](O)(NC(=O)O1)[C@H](OC)/C=C/C=C(\C)C2. The highest BCUT2D eigenvalue weighted by molar-refractivity contribution is 8.76. The molecule has 68 heavy (non-hydrogen) atoms. The summed E-state index contributed by atoms with van der Waals surface area (Å²) in [6, 6.07) is 2.88. The van der Waals surface area contributed by atoms with Crippen LogP contribution in [0.3, 0.4) is 0 Å². The van der Waals surface area contributed by atoms with Crippen LogP contribution < -0.4 is 20.3 Å². The number of allylic oxidation sites excluding steroid dienone is 3. The smallest absolute Gasteiger partial charge is 0.409 e. The predicted octanol–water partition coefficient (Wildman–Crippen LogP) is 7.93. The molecule has 0 aromatic heterocycles. The number of carbonyl (C=O) groups is 5. The molecule has 378 valence electrons. The molecule has 11 atom stereocenters. The number of carbonyl (C=O) groups excluding carboxylic acids is 5. The lowest BCUT2D eigenvalue weighted by molar-refractivity contribution is -0.162. The van der Waals surface area contributed by atoms with E-state index in [-0.39, 0.29) is 42.1 Å². The first kappa shape index (κ1) is 53.9. The van der Waals surface area contributed by atoms with Crippen LogP contribution in [0.1, 0.15) is 117 Å². The lowest BCUT2D eigenvalue weighted by Gasteiger charge is -2.42. The highest BCUT2D eigenvalue weighted by Gasteiger charge is 2.64. The van der Waals surface area contributed by atoms with Gasteiger partial charge in [0.2, 0.25) is 17.7 Å². The number of hydrogen-bond acceptors (Lipinski definition) is 13. The highest BCUT2D eigenvalue weighted by atomic mass is 35.5. The number of halogens is 1. The molecule has 6 bridgehead atoms. The average Bonchev–Trinajstić information content (AvgIpc) is 4.03. The molecule has 3 unspecified atom stereocenters. The number of benzene rings is 1. The second-order valence-corrected chi connectivity index (χ2v) is 22.8. The van der Waals surface area contributed by atoms with E-state index in [1.165, 1.54) is 62.5 Å². The minimum Gasteiger partial charge on any atom is -0.495 e. The van der Waals surface area contributed by atoms with Crippen LogP contribution >= 0.6 is 33.2 Å². The third-order valence-corrected chi connectivity index (χ3v) is 17.6. The zero-order chi connectivity index (χ0) is 49.3. The highest BCUT2D eigenvalue weighted by Crippen LogP contribution is 2.49. The monoisotopic (exact) mass is 1000 g/mol. The fourth-order valence-electron chi connectivity index (χ4n) is 10.3. The summed E-state index contributed by atoms with van der Waals surface area (Å²) < 4.78 is 29.5. The number of epoxide rings is 1. The molecule has 1 aromatic rings. The molecule has 3 N–H and O–H groups in total. The summed E-state index contributed by atoms with van der Waals surface area (Å²) in [7, 11) is 9.26. The minimum absolute atomic E-state index is 0.0590. The summed E-state index contributed by atoms with van der Waals surface area (Å²) in [5, 5.41) is 17.9. The van der Waals surface area contributed by atoms with Gasteiger partial charge in [0, 0.05) is 63.9 Å². The number of methoxy groups -OCH3 is 2. The van der Waals surface area contributed by atoms with Crippen LogP contribution in [0.25, 0.3) is 0 Å². The maximum Gasteiger partial charge on any atom is 0.409 e. The Morgan fingerprint density at radius 2 is 1.79 bits per heavy atom. The molecule has 2 saturated carbocycles. The second kappa shape index (κ2) is 24.1. The molecule has 2 saturated heterocycles. The number of esters is 1. The molecule has 6 rings (SSSR count). The molecule has 2 aliphatic carbocycles. The van der Waals surface area contributed by atoms with Crippen molar-refractivity contribution < 1.29 is 52.8 Å². The van der Waals surface area contributed by atoms with Crippen molar-refractivity contribution in [2.24, 2.45) is 17.8 Å². The normalized spacial score (nSPS) is 32.6. The number of amides is 4. The fraction of sp³-hybridized carbons (Fsp3) is 0.700. The van der Waals surface area contributed by atoms with Crippen LogP contribution in [-0.4, -0.2) is 127 Å². The lowest BCUT2D eigenvalue weighted by atomic mass is 9.83. The number of aliphatic hydroxyl groups is 1. The number of likely N-dealkylation sites (N-methyl/N-ethyl adjacent to an activating group) is 1. The molecule has 0 spiro atoms. The van der Waals surface area contributed by atoms with Crippen molar-refractivity contribution in [2.45, 2.75) is 165 Å². The van der Waals surface area contributed by atoms with Gasteiger partial charge in [-0.1, -0.05) is 96.0 Å². The number of alkyl carbamates (subject to hydrolysis) is 1. The molecule has 4 amide bonds. The van der Waals surface area contributed by atoms with E-state index in [2.05, 4.69) is 10.6 Å². The summed E-state index contributed by atoms with van der Waals surface area (Å²) in [5.41, 5.74) is -0.961. The van der Waals surface area contributed by atoms with Crippen LogP contribution in [0, 0.1) is 17.8 Å². The van der Waals surface area contributed by atoms with Gasteiger partial charge in [-0.15, -0.1) is 0 Å². The molecule has 4 fully saturated rings. The van der Waals surface area contributed by atoms with Crippen LogP contribution in [0.15, 0.2) is 35.9 Å². The van der Waals surface area contributed by atoms with Gasteiger partial charge < -0.3 is 43.9 Å². The van der Waals surface area contributed by atoms with Gasteiger partial charge in [0.15, 0.2) is 5.72 Å². The summed E-state index contributed by atoms with van der Waals surface area (Å²) in [6.45, 7) is 7.04. The van der Waals surface area contributed by atoms with Gasteiger partial charge in [0.25, 0.3) is 0 Å². The molecule has 15 nitrogen and oxygen atoms in total. The first-order chi connectivity index (χ1) is 32.3. The Kier molecular flexibility index (Phi) is 19.1. The summed E-state index contributed by atoms with van der Waals surface area (Å²) >= 11 is 6.82. The Morgan fingerprint density at radius 3 is 2.54 bits per heavy atom. The first-order valence-corrected chi connectivity index (χ1v) is 27.1. The number of anilines is 1. The standard InChI is InChI=1S/C50H73ClN4O11S2/c1-30-12-9-15-40(63-8)50(61)29-39(64-48(60)53-50)31(2)46-49(4,66-46)41(28-44(58)55(6)37-26-35(24-30)27-38(62-7)45(37)51)65-47(59)32(3)54(5)43(57)21-23-68-67-22-11-16-42(56)52-36-20-19-33-13-10-14-34(25-36)18-17-33/h9,12,15,26-27,31-34,36,39-41,46,61H,10-11,13-14,16-25,28-29H2,1-8H3,(H,52,56)(H,53,60)/b15-9+,30-12+/t31-,32+,33?,34?,36?,39+,40-,41+,46+,49+,50+/m1/s1. The quantitative estimate of drug-likeness (QED) is 0.0707. The summed E-state index contributed by atoms with van der Waals surface area (Å²) in [4.78, 5) is 70.3. The Labute approximate surface area is 415 Å². The van der Waals surface area contributed by atoms with Crippen molar-refractivity contribution in [2.75, 3.05) is 44.7 Å². The topological polar surface area (TPSA) is 186 Å². The van der Waals surface area contributed by atoms with E-state index in [0.717, 1.165) is 48.0 Å². The second-order valence-electron chi connectivity index (χ2n) is 19.7. The Morgan fingerprint density at radius 1 is 1.07 bits per heavy atom. The lowest BCUT2D eigenvalue weighted by Crippen LogP contribution is -2.63. The Hall–Kier alpha value is -3.48. The van der Waals surface area contributed by atoms with Gasteiger partial charge in [-0.2, -0.15) is 0 Å². The third kappa shape index (κ3) is 13.7. The zero-order valence-electron chi connectivity index (χ0n) is 41.0. The van der Waals surface area contributed by atoms with E-state index in [9.17, 15) is 29.1 Å². The fourth-order valence-corrected chi connectivity index (χ4v) is 12.7. The molecule has 0 radical (unpaired) electrons. The average molecular weight is 1010 g/mol. The van der Waals surface area contributed by atoms with E-state index < -0.39 is 65.7 Å². The Balaban J connectivity index is 1.08. The van der Waals surface area contributed by atoms with Gasteiger partial charge in [0.05, 0.1) is 25.3 Å². The van der Waals surface area contributed by atoms with Crippen molar-refractivity contribution in [3.63, 3.8) is 0 Å². The van der Waals surface area contributed by atoms with Crippen LogP contribution in [0.2, 0.25) is 5.02 Å². The van der Waals surface area contributed by atoms with E-state index in [1.807, 2.05) is 19.9 Å². The van der Waals surface area contributed by atoms with Crippen LogP contribution in [0.4, 0.5) is 10.5 Å². The molecule has 5 aliphatic rings. The van der Waals surface area contributed by atoms with Crippen molar-refractivity contribution in [1.82, 2.24) is 15.5 Å². The minimum atomic E-state index is -1.84. The van der Waals surface area contributed by atoms with Gasteiger partial charge in [-0.25, -0.2) is 9.59 Å². The molecule has 3 aliphatic heterocycles. The number of nitrogens with zero attached hydrogens (tertiary/aromatic N) is 2. The number of nitrogens with one attached hydrogen (secondary N) is 2. The largest absolute Gasteiger partial charge is 0.495 e. The van der Waals surface area contributed by atoms with E-state index in [1.54, 1.807) is 73.8 Å². The molecule has 3 heterocycles. The van der Waals surface area contributed by atoms with Gasteiger partial charge in [-0.3, -0.25) is 19.7 Å². The van der Waals surface area contributed by atoms with Crippen molar-refractivity contribution in [1.29, 1.82) is 0 Å². The van der Waals surface area contributed by atoms with Crippen molar-refractivity contribution in [3.8, 4) is 5.75 Å². The number of hydrogen-bond donors (Lipinski definition) is 3.